The van der Waals surface area contributed by atoms with Crippen molar-refractivity contribution in [2.75, 3.05) is 6.61 Å². The van der Waals surface area contributed by atoms with Crippen LogP contribution in [0, 0.1) is 0 Å². The Morgan fingerprint density at radius 2 is 1.92 bits per heavy atom. The lowest BCUT2D eigenvalue weighted by Gasteiger charge is -2.26. The zero-order chi connectivity index (χ0) is 18.1. The number of benzene rings is 1. The summed E-state index contributed by atoms with van der Waals surface area (Å²) < 4.78 is 7.26. The number of thioether (sulfide) groups is 1. The first-order valence-electron chi connectivity index (χ1n) is 8.87. The Morgan fingerprint density at radius 3 is 2.62 bits per heavy atom. The molecule has 1 aliphatic heterocycles. The van der Waals surface area contributed by atoms with E-state index in [0.717, 1.165) is 29.4 Å². The van der Waals surface area contributed by atoms with Gasteiger partial charge < -0.3 is 4.74 Å². The zero-order valence-electron chi connectivity index (χ0n) is 14.2. The van der Waals surface area contributed by atoms with Crippen LogP contribution < -0.4 is 0 Å². The molecule has 2 aliphatic rings. The van der Waals surface area contributed by atoms with Crippen LogP contribution in [0.5, 0.6) is 0 Å². The fourth-order valence-electron chi connectivity index (χ4n) is 3.59. The first-order valence-corrected chi connectivity index (χ1v) is 10.5. The van der Waals surface area contributed by atoms with Gasteiger partial charge in [0.1, 0.15) is 5.25 Å². The van der Waals surface area contributed by atoms with Gasteiger partial charge in [0.15, 0.2) is 11.0 Å². The molecule has 2 heterocycles. The topological polar surface area (TPSA) is 57.0 Å². The molecule has 4 rings (SSSR count). The van der Waals surface area contributed by atoms with Gasteiger partial charge in [-0.1, -0.05) is 54.2 Å². The Morgan fingerprint density at radius 1 is 1.12 bits per heavy atom. The normalized spacial score (nSPS) is 21.2. The van der Waals surface area contributed by atoms with E-state index < -0.39 is 0 Å². The number of halogens is 2. The number of hydrogen-bond donors (Lipinski definition) is 0. The molecule has 1 unspecified atom stereocenters. The summed E-state index contributed by atoms with van der Waals surface area (Å²) >= 11 is 13.9. The maximum Gasteiger partial charge on any atom is 0.319 e. The number of esters is 1. The fraction of sp³-hybridized carbons (Fsp3) is 0.500. The van der Waals surface area contributed by atoms with Gasteiger partial charge in [0.05, 0.1) is 11.6 Å². The van der Waals surface area contributed by atoms with E-state index in [9.17, 15) is 4.79 Å². The largest absolute Gasteiger partial charge is 0.465 e. The van der Waals surface area contributed by atoms with Crippen molar-refractivity contribution in [3.63, 3.8) is 0 Å². The maximum absolute atomic E-state index is 11.9. The molecule has 1 saturated heterocycles. The molecule has 0 amide bonds. The van der Waals surface area contributed by atoms with Crippen LogP contribution in [0.3, 0.4) is 0 Å². The van der Waals surface area contributed by atoms with Crippen molar-refractivity contribution >= 4 is 40.9 Å². The monoisotopic (exact) mass is 411 g/mol. The fourth-order valence-corrected chi connectivity index (χ4v) is 5.15. The summed E-state index contributed by atoms with van der Waals surface area (Å²) in [6, 6.07) is 5.73. The summed E-state index contributed by atoms with van der Waals surface area (Å²) in [5, 5.41) is 10.5. The molecule has 5 nitrogen and oxygen atoms in total. The molecule has 0 spiro atoms. The molecule has 138 valence electrons. The number of ether oxygens (including phenoxy) is 1. The summed E-state index contributed by atoms with van der Waals surface area (Å²) in [6.45, 7) is 0.476. The Bertz CT molecular complexity index is 821. The van der Waals surface area contributed by atoms with Gasteiger partial charge in [-0.2, -0.15) is 0 Å². The summed E-state index contributed by atoms with van der Waals surface area (Å²) in [6.07, 6.45) is 6.50. The number of aromatic nitrogens is 3. The highest BCUT2D eigenvalue weighted by Gasteiger charge is 2.32. The predicted octanol–water partition coefficient (Wildman–Crippen LogP) is 5.16. The van der Waals surface area contributed by atoms with Gasteiger partial charge in [0.25, 0.3) is 0 Å². The van der Waals surface area contributed by atoms with Crippen LogP contribution in [0.25, 0.3) is 11.4 Å². The van der Waals surface area contributed by atoms with Crippen molar-refractivity contribution in [1.29, 1.82) is 0 Å². The Labute approximate surface area is 166 Å². The summed E-state index contributed by atoms with van der Waals surface area (Å²) in [7, 11) is 0. The third-order valence-corrected chi connectivity index (χ3v) is 6.66. The molecular formula is C18H19Cl2N3O2S. The number of rotatable bonds is 4. The molecule has 0 radical (unpaired) electrons. The highest BCUT2D eigenvalue weighted by molar-refractivity contribution is 8.00. The minimum atomic E-state index is -0.213. The molecule has 1 aromatic heterocycles. The van der Waals surface area contributed by atoms with Gasteiger partial charge in [-0.25, -0.2) is 0 Å². The third-order valence-electron chi connectivity index (χ3n) is 4.91. The minimum Gasteiger partial charge on any atom is -0.465 e. The van der Waals surface area contributed by atoms with Crippen molar-refractivity contribution in [3.05, 3.63) is 28.2 Å². The molecule has 1 aromatic carbocycles. The zero-order valence-corrected chi connectivity index (χ0v) is 16.5. The second-order valence-electron chi connectivity index (χ2n) is 6.65. The smallest absolute Gasteiger partial charge is 0.319 e. The summed E-state index contributed by atoms with van der Waals surface area (Å²) in [5.41, 5.74) is 0.815. The van der Waals surface area contributed by atoms with Gasteiger partial charge in [-0.05, 0) is 31.0 Å². The molecule has 1 saturated carbocycles. The van der Waals surface area contributed by atoms with E-state index in [1.165, 1.54) is 31.0 Å². The van der Waals surface area contributed by atoms with E-state index in [4.69, 9.17) is 27.9 Å². The second-order valence-corrected chi connectivity index (χ2v) is 8.67. The molecule has 2 aromatic rings. The SMILES string of the molecule is O=C1OCCC1Sc1nnc(-c2ccc(Cl)cc2Cl)n1C1CCCCC1. The average Bonchev–Trinajstić information content (AvgIpc) is 3.23. The van der Waals surface area contributed by atoms with Crippen LogP contribution in [0.4, 0.5) is 0 Å². The van der Waals surface area contributed by atoms with Gasteiger partial charge in [0.2, 0.25) is 0 Å². The Balaban J connectivity index is 1.74. The molecule has 8 heteroatoms. The molecule has 2 fully saturated rings. The van der Waals surface area contributed by atoms with Crippen LogP contribution in [0.2, 0.25) is 10.0 Å². The molecule has 1 aliphatic carbocycles. The lowest BCUT2D eigenvalue weighted by Crippen LogP contribution is -2.17. The summed E-state index contributed by atoms with van der Waals surface area (Å²) in [4.78, 5) is 11.9. The highest BCUT2D eigenvalue weighted by atomic mass is 35.5. The third kappa shape index (κ3) is 3.59. The number of nitrogens with zero attached hydrogens (tertiary/aromatic N) is 3. The van der Waals surface area contributed by atoms with Gasteiger partial charge in [-0.3, -0.25) is 9.36 Å². The standard InChI is InChI=1S/C18H19Cl2N3O2S/c19-11-6-7-13(14(20)10-11)16-21-22-18(26-15-8-9-25-17(15)24)23(16)12-4-2-1-3-5-12/h6-7,10,12,15H,1-5,8-9H2. The van der Waals surface area contributed by atoms with E-state index >= 15 is 0 Å². The molecule has 0 bridgehead atoms. The first kappa shape index (κ1) is 18.1. The molecule has 1 atom stereocenters. The molecule has 26 heavy (non-hydrogen) atoms. The van der Waals surface area contributed by atoms with Gasteiger partial charge in [-0.15, -0.1) is 10.2 Å². The molecule has 0 N–H and O–H groups in total. The van der Waals surface area contributed by atoms with E-state index in [1.54, 1.807) is 6.07 Å². The number of carbonyl (C=O) groups excluding carboxylic acids is 1. The quantitative estimate of drug-likeness (QED) is 0.649. The molecular weight excluding hydrogens is 393 g/mol. The van der Waals surface area contributed by atoms with E-state index in [0.29, 0.717) is 29.1 Å². The van der Waals surface area contributed by atoms with Gasteiger partial charge >= 0.3 is 5.97 Å². The summed E-state index contributed by atoms with van der Waals surface area (Å²) in [5.74, 6) is 0.576. The Hall–Kier alpha value is -1.24. The first-order chi connectivity index (χ1) is 12.6. The highest BCUT2D eigenvalue weighted by Crippen LogP contribution is 2.39. The second kappa shape index (κ2) is 7.79. The number of hydrogen-bond acceptors (Lipinski definition) is 5. The van der Waals surface area contributed by atoms with Crippen LogP contribution >= 0.6 is 35.0 Å². The van der Waals surface area contributed by atoms with Gasteiger partial charge in [0, 0.05) is 23.0 Å². The van der Waals surface area contributed by atoms with Crippen LogP contribution in [0.15, 0.2) is 23.4 Å². The minimum absolute atomic E-state index is 0.167. The van der Waals surface area contributed by atoms with Crippen molar-refractivity contribution < 1.29 is 9.53 Å². The van der Waals surface area contributed by atoms with Crippen LogP contribution in [0.1, 0.15) is 44.6 Å². The average molecular weight is 412 g/mol. The maximum atomic E-state index is 11.9. The van der Waals surface area contributed by atoms with Crippen molar-refractivity contribution in [2.24, 2.45) is 0 Å². The lowest BCUT2D eigenvalue weighted by molar-refractivity contribution is -0.137. The van der Waals surface area contributed by atoms with E-state index in [1.807, 2.05) is 12.1 Å². The number of cyclic esters (lactones) is 1. The van der Waals surface area contributed by atoms with Crippen molar-refractivity contribution in [3.8, 4) is 11.4 Å². The van der Waals surface area contributed by atoms with Crippen molar-refractivity contribution in [1.82, 2.24) is 14.8 Å². The van der Waals surface area contributed by atoms with Crippen LogP contribution in [-0.2, 0) is 9.53 Å². The Kier molecular flexibility index (Phi) is 5.43. The lowest BCUT2D eigenvalue weighted by atomic mass is 9.95. The van der Waals surface area contributed by atoms with Crippen LogP contribution in [-0.4, -0.2) is 32.6 Å². The van der Waals surface area contributed by atoms with Crippen molar-refractivity contribution in [2.45, 2.75) is 55.0 Å². The van der Waals surface area contributed by atoms with E-state index in [2.05, 4.69) is 14.8 Å². The number of carbonyl (C=O) groups is 1. The predicted molar refractivity (Wildman–Crippen MR) is 103 cm³/mol. The van der Waals surface area contributed by atoms with E-state index in [-0.39, 0.29) is 11.2 Å².